The van der Waals surface area contributed by atoms with E-state index in [-0.39, 0.29) is 29.9 Å². The van der Waals surface area contributed by atoms with Crippen LogP contribution >= 0.6 is 0 Å². The Balaban J connectivity index is 2.23. The first-order chi connectivity index (χ1) is 14.8. The summed E-state index contributed by atoms with van der Waals surface area (Å²) in [5.41, 5.74) is -2.07. The first kappa shape index (κ1) is 23.9. The number of esters is 4. The van der Waals surface area contributed by atoms with E-state index in [9.17, 15) is 19.2 Å². The summed E-state index contributed by atoms with van der Waals surface area (Å²) in [4.78, 5) is 48.1. The van der Waals surface area contributed by atoms with E-state index in [0.29, 0.717) is 12.8 Å². The largest absolute Gasteiger partial charge is 0.461 e. The monoisotopic (exact) mass is 452 g/mol. The average molecular weight is 452 g/mol. The molecule has 0 spiro atoms. The Kier molecular flexibility index (Phi) is 6.23. The summed E-state index contributed by atoms with van der Waals surface area (Å²) >= 11 is 0. The number of hydrogen-bond acceptors (Lipinski definition) is 10. The zero-order chi connectivity index (χ0) is 23.9. The lowest BCUT2D eigenvalue weighted by Crippen LogP contribution is -2.58. The molecule has 0 aromatic heterocycles. The van der Waals surface area contributed by atoms with Crippen molar-refractivity contribution in [3.8, 4) is 0 Å². The first-order valence-corrected chi connectivity index (χ1v) is 10.3. The molecule has 10 heteroatoms. The lowest BCUT2D eigenvalue weighted by molar-refractivity contribution is -0.313. The zero-order valence-electron chi connectivity index (χ0n) is 19.1. The molecular weight excluding hydrogens is 424 g/mol. The van der Waals surface area contributed by atoms with Gasteiger partial charge in [0.25, 0.3) is 0 Å². The van der Waals surface area contributed by atoms with E-state index >= 15 is 0 Å². The third-order valence-electron chi connectivity index (χ3n) is 5.95. The number of carbonyl (C=O) groups excluding carboxylic acids is 4. The van der Waals surface area contributed by atoms with Crippen LogP contribution in [-0.2, 0) is 47.6 Å². The molecule has 0 radical (unpaired) electrons. The van der Waals surface area contributed by atoms with Gasteiger partial charge in [-0.15, -0.1) is 0 Å². The first-order valence-electron chi connectivity index (χ1n) is 10.3. The third-order valence-corrected chi connectivity index (χ3v) is 5.95. The molecule has 176 valence electrons. The molecule has 0 aromatic rings. The number of carbonyl (C=O) groups is 4. The van der Waals surface area contributed by atoms with Gasteiger partial charge in [0.05, 0.1) is 11.2 Å². The van der Waals surface area contributed by atoms with Gasteiger partial charge in [-0.1, -0.05) is 0 Å². The van der Waals surface area contributed by atoms with Gasteiger partial charge in [0.15, 0.2) is 5.60 Å². The molecule has 0 amide bonds. The van der Waals surface area contributed by atoms with Crippen molar-refractivity contribution in [1.82, 2.24) is 0 Å². The summed E-state index contributed by atoms with van der Waals surface area (Å²) in [6.45, 7) is 6.75. The second kappa shape index (κ2) is 8.32. The Morgan fingerprint density at radius 1 is 1.09 bits per heavy atom. The van der Waals surface area contributed by atoms with Crippen molar-refractivity contribution in [1.29, 1.82) is 0 Å². The van der Waals surface area contributed by atoms with Crippen molar-refractivity contribution in [2.24, 2.45) is 0 Å². The van der Waals surface area contributed by atoms with E-state index < -0.39 is 47.0 Å². The van der Waals surface area contributed by atoms with Crippen LogP contribution < -0.4 is 0 Å². The van der Waals surface area contributed by atoms with Crippen LogP contribution in [0, 0.1) is 0 Å². The Morgan fingerprint density at radius 2 is 1.78 bits per heavy atom. The molecule has 0 aromatic carbocycles. The Bertz CT molecular complexity index is 918. The minimum atomic E-state index is -1.40. The highest BCUT2D eigenvalue weighted by Crippen LogP contribution is 2.52. The van der Waals surface area contributed by atoms with Crippen LogP contribution in [0.25, 0.3) is 0 Å². The standard InChI is InChI=1S/C22H28O10/c1-12(23)28-11-15-18-16(30-19(15)26)9-20(4)7-8-22(27-6,32-20)21(5,31-14(3)25)10-17(18)29-13(2)24/h9,17H,7-8,10-11H2,1-6H3/t17-,20-,21+,22+/m0/s1. The fourth-order valence-corrected chi connectivity index (χ4v) is 4.60. The van der Waals surface area contributed by atoms with Crippen LogP contribution in [-0.4, -0.2) is 60.7 Å². The lowest BCUT2D eigenvalue weighted by Gasteiger charge is -2.45. The highest BCUT2D eigenvalue weighted by atomic mass is 16.7. The van der Waals surface area contributed by atoms with Gasteiger partial charge in [0.1, 0.15) is 18.5 Å². The minimum Gasteiger partial charge on any atom is -0.461 e. The molecule has 3 heterocycles. The molecule has 1 fully saturated rings. The summed E-state index contributed by atoms with van der Waals surface area (Å²) in [7, 11) is 1.45. The van der Waals surface area contributed by atoms with Gasteiger partial charge in [-0.05, 0) is 26.3 Å². The predicted octanol–water partition coefficient (Wildman–Crippen LogP) is 1.86. The summed E-state index contributed by atoms with van der Waals surface area (Å²) in [6, 6.07) is 0. The molecule has 3 aliphatic heterocycles. The second-order valence-electron chi connectivity index (χ2n) is 8.57. The van der Waals surface area contributed by atoms with Crippen molar-refractivity contribution in [3.05, 3.63) is 23.0 Å². The second-order valence-corrected chi connectivity index (χ2v) is 8.57. The Morgan fingerprint density at radius 3 is 2.34 bits per heavy atom. The topological polar surface area (TPSA) is 124 Å². The van der Waals surface area contributed by atoms with Crippen molar-refractivity contribution < 1.29 is 47.6 Å². The van der Waals surface area contributed by atoms with Crippen LogP contribution in [0.5, 0.6) is 0 Å². The SMILES string of the molecule is CO[C@@]12CC[C@@](C)(C=C3OC(=O)C(COC(C)=O)=C3[C@@H](OC(C)=O)C[C@@]1(C)OC(C)=O)O2. The van der Waals surface area contributed by atoms with E-state index in [2.05, 4.69) is 0 Å². The molecule has 4 atom stereocenters. The minimum absolute atomic E-state index is 0.0377. The van der Waals surface area contributed by atoms with Crippen LogP contribution in [0.15, 0.2) is 23.0 Å². The quantitative estimate of drug-likeness (QED) is 0.451. The number of hydrogen-bond donors (Lipinski definition) is 0. The highest BCUT2D eigenvalue weighted by Gasteiger charge is 2.62. The fraction of sp³-hybridized carbons (Fsp3) is 0.636. The van der Waals surface area contributed by atoms with Gasteiger partial charge in [-0.2, -0.15) is 0 Å². The molecule has 10 nitrogen and oxygen atoms in total. The van der Waals surface area contributed by atoms with Crippen LogP contribution in [0.2, 0.25) is 0 Å². The molecule has 0 N–H and O–H groups in total. The van der Waals surface area contributed by atoms with Crippen molar-refractivity contribution >= 4 is 23.9 Å². The summed E-state index contributed by atoms with van der Waals surface area (Å²) in [5, 5.41) is 0. The molecular formula is C22H28O10. The van der Waals surface area contributed by atoms with E-state index in [4.69, 9.17) is 28.4 Å². The van der Waals surface area contributed by atoms with Gasteiger partial charge in [0, 0.05) is 46.3 Å². The van der Waals surface area contributed by atoms with Crippen molar-refractivity contribution in [2.45, 2.75) is 77.0 Å². The molecule has 32 heavy (non-hydrogen) atoms. The van der Waals surface area contributed by atoms with Crippen molar-refractivity contribution in [2.75, 3.05) is 13.7 Å². The Hall–Kier alpha value is -2.72. The van der Waals surface area contributed by atoms with Crippen LogP contribution in [0.3, 0.4) is 0 Å². The number of rotatable bonds is 5. The summed E-state index contributed by atoms with van der Waals surface area (Å²) < 4.78 is 33.9. The molecule has 2 bridgehead atoms. The Labute approximate surface area is 185 Å². The van der Waals surface area contributed by atoms with Gasteiger partial charge in [0.2, 0.25) is 5.79 Å². The molecule has 3 rings (SSSR count). The van der Waals surface area contributed by atoms with Crippen LogP contribution in [0.4, 0.5) is 0 Å². The number of ether oxygens (including phenoxy) is 6. The summed E-state index contributed by atoms with van der Waals surface area (Å²) in [6.07, 6.45) is 1.30. The maximum Gasteiger partial charge on any atom is 0.343 e. The maximum absolute atomic E-state index is 12.7. The maximum atomic E-state index is 12.7. The molecule has 3 aliphatic rings. The lowest BCUT2D eigenvalue weighted by atomic mass is 9.82. The van der Waals surface area contributed by atoms with Gasteiger partial charge in [-0.3, -0.25) is 14.4 Å². The van der Waals surface area contributed by atoms with Crippen LogP contribution in [0.1, 0.15) is 53.9 Å². The molecule has 0 unspecified atom stereocenters. The fourth-order valence-electron chi connectivity index (χ4n) is 4.60. The zero-order valence-corrected chi connectivity index (χ0v) is 19.1. The van der Waals surface area contributed by atoms with Gasteiger partial charge in [-0.25, -0.2) is 4.79 Å². The normalized spacial score (nSPS) is 33.9. The van der Waals surface area contributed by atoms with E-state index in [1.54, 1.807) is 19.9 Å². The van der Waals surface area contributed by atoms with Gasteiger partial charge >= 0.3 is 23.9 Å². The third kappa shape index (κ3) is 4.29. The van der Waals surface area contributed by atoms with Crippen molar-refractivity contribution in [3.63, 3.8) is 0 Å². The molecule has 0 saturated carbocycles. The highest BCUT2D eigenvalue weighted by molar-refractivity contribution is 5.95. The average Bonchev–Trinajstić information content (AvgIpc) is 3.16. The molecule has 1 saturated heterocycles. The number of fused-ring (bicyclic) bond motifs is 3. The number of methoxy groups -OCH3 is 1. The van der Waals surface area contributed by atoms with E-state index in [0.717, 1.165) is 0 Å². The summed E-state index contributed by atoms with van der Waals surface area (Å²) in [5.74, 6) is -3.72. The van der Waals surface area contributed by atoms with E-state index in [1.807, 2.05) is 0 Å². The predicted molar refractivity (Wildman–Crippen MR) is 107 cm³/mol. The van der Waals surface area contributed by atoms with Gasteiger partial charge < -0.3 is 28.4 Å². The smallest absolute Gasteiger partial charge is 0.343 e. The molecule has 0 aliphatic carbocycles. The van der Waals surface area contributed by atoms with E-state index in [1.165, 1.54) is 27.9 Å².